The van der Waals surface area contributed by atoms with E-state index < -0.39 is 48.0 Å². The molecule has 0 unspecified atom stereocenters. The van der Waals surface area contributed by atoms with Crippen LogP contribution < -0.4 is 10.3 Å². The topological polar surface area (TPSA) is 137 Å². The lowest BCUT2D eigenvalue weighted by molar-refractivity contribution is -0.0604. The van der Waals surface area contributed by atoms with E-state index in [1.54, 1.807) is 133 Å². The molecule has 0 saturated carbocycles. The predicted molar refractivity (Wildman–Crippen MR) is 200 cm³/mol. The third-order valence-corrected chi connectivity index (χ3v) is 9.35. The fourth-order valence-electron chi connectivity index (χ4n) is 6.63. The van der Waals surface area contributed by atoms with Crippen molar-refractivity contribution in [3.8, 4) is 22.7 Å². The lowest BCUT2D eigenvalue weighted by Crippen LogP contribution is -2.41. The van der Waals surface area contributed by atoms with E-state index in [1.165, 1.54) is 4.68 Å². The third-order valence-electron chi connectivity index (χ3n) is 9.35. The molecule has 12 heteroatoms. The standard InChI is InChI=1S/C43H33N3O9/c1-51-31-23-21-30(22-24-31)46-39(47)33-25-45(34-20-12-11-19-32(34)36(33)44-46)40-38(55-43(50)29-17-9-4-10-18-29)37(54-42(49)28-15-7-3-8-16-28)35(53-40)26-52-41(48)27-13-5-2-6-14-27/h2-25,35,37-38,40H,26H2,1H3/t35-,37-,38-,40-/m1/s1. The molecule has 0 aliphatic carbocycles. The second-order valence-corrected chi connectivity index (χ2v) is 12.7. The van der Waals surface area contributed by atoms with Gasteiger partial charge in [0.15, 0.2) is 18.4 Å². The molecule has 1 saturated heterocycles. The highest BCUT2D eigenvalue weighted by Crippen LogP contribution is 2.39. The molecule has 3 heterocycles. The molecule has 0 bridgehead atoms. The van der Waals surface area contributed by atoms with Gasteiger partial charge in [0.2, 0.25) is 0 Å². The van der Waals surface area contributed by atoms with Crippen LogP contribution in [0.4, 0.5) is 0 Å². The van der Waals surface area contributed by atoms with Crippen LogP contribution in [-0.2, 0) is 18.9 Å². The molecule has 55 heavy (non-hydrogen) atoms. The maximum atomic E-state index is 14.1. The molecule has 5 aromatic rings. The van der Waals surface area contributed by atoms with Crippen LogP contribution in [0, 0.1) is 0 Å². The van der Waals surface area contributed by atoms with E-state index in [0.717, 1.165) is 0 Å². The Balaban J connectivity index is 1.25. The molecule has 12 nitrogen and oxygen atoms in total. The van der Waals surface area contributed by atoms with Gasteiger partial charge in [-0.3, -0.25) is 4.79 Å². The molecule has 0 spiro atoms. The molecule has 0 radical (unpaired) electrons. The minimum Gasteiger partial charge on any atom is -0.497 e. The summed E-state index contributed by atoms with van der Waals surface area (Å²) in [6, 6.07) is 39.3. The fourth-order valence-corrected chi connectivity index (χ4v) is 6.63. The Labute approximate surface area is 314 Å². The first-order valence-corrected chi connectivity index (χ1v) is 17.5. The number of carbonyl (C=O) groups is 3. The molecule has 3 aliphatic heterocycles. The Bertz CT molecular complexity index is 2500. The Hall–Kier alpha value is -7.05. The quantitative estimate of drug-likeness (QED) is 0.113. The van der Waals surface area contributed by atoms with Crippen LogP contribution in [-0.4, -0.2) is 64.3 Å². The minimum atomic E-state index is -1.29. The highest BCUT2D eigenvalue weighted by Gasteiger charge is 2.51. The Morgan fingerprint density at radius 1 is 0.673 bits per heavy atom. The van der Waals surface area contributed by atoms with Crippen molar-refractivity contribution in [1.29, 1.82) is 0 Å². The smallest absolute Gasteiger partial charge is 0.338 e. The Morgan fingerprint density at radius 3 is 1.82 bits per heavy atom. The van der Waals surface area contributed by atoms with Crippen LogP contribution in [0.2, 0.25) is 0 Å². The van der Waals surface area contributed by atoms with E-state index in [2.05, 4.69) is 0 Å². The first-order valence-electron chi connectivity index (χ1n) is 17.5. The van der Waals surface area contributed by atoms with Gasteiger partial charge in [0.05, 0.1) is 40.6 Å². The van der Waals surface area contributed by atoms with E-state index in [9.17, 15) is 19.2 Å². The van der Waals surface area contributed by atoms with Gasteiger partial charge >= 0.3 is 17.9 Å². The van der Waals surface area contributed by atoms with Crippen molar-refractivity contribution in [2.75, 3.05) is 13.7 Å². The molecule has 0 amide bonds. The number of hydrogen-bond donors (Lipinski definition) is 0. The number of nitrogens with zero attached hydrogens (tertiary/aromatic N) is 3. The van der Waals surface area contributed by atoms with Crippen LogP contribution in [0.15, 0.2) is 151 Å². The highest BCUT2D eigenvalue weighted by molar-refractivity contribution is 5.94. The number of aromatic nitrogens is 3. The summed E-state index contributed by atoms with van der Waals surface area (Å²) in [4.78, 5) is 54.7. The van der Waals surface area contributed by atoms with E-state index in [0.29, 0.717) is 33.6 Å². The number of rotatable bonds is 10. The lowest BCUT2D eigenvalue weighted by Gasteiger charge is -2.26. The number of hydrogen-bond acceptors (Lipinski definition) is 10. The summed E-state index contributed by atoms with van der Waals surface area (Å²) in [5, 5.41) is 5.33. The molecule has 4 atom stereocenters. The summed E-state index contributed by atoms with van der Waals surface area (Å²) >= 11 is 0. The summed E-state index contributed by atoms with van der Waals surface area (Å²) in [6.45, 7) is -0.362. The molecule has 0 N–H and O–H groups in total. The van der Waals surface area contributed by atoms with Crippen molar-refractivity contribution in [1.82, 2.24) is 14.3 Å². The second-order valence-electron chi connectivity index (χ2n) is 12.7. The van der Waals surface area contributed by atoms with Crippen molar-refractivity contribution in [2.24, 2.45) is 0 Å². The number of methoxy groups -OCH3 is 1. The van der Waals surface area contributed by atoms with Gasteiger partial charge in [-0.05, 0) is 66.7 Å². The SMILES string of the molecule is COc1ccc(-n2nc3c4ccccc4n([C@@H]4O[C@H](COC(=O)c5ccccc5)[C@@H](OC(=O)c5ccccc5)[C@H]4OC(=O)c4ccccc4)cc-3c2=O)cc1. The van der Waals surface area contributed by atoms with Gasteiger partial charge in [-0.15, -0.1) is 0 Å². The maximum absolute atomic E-state index is 14.1. The summed E-state index contributed by atoms with van der Waals surface area (Å²) < 4.78 is 32.9. The van der Waals surface area contributed by atoms with E-state index in [-0.39, 0.29) is 23.3 Å². The number of benzene rings is 5. The molecule has 3 aliphatic rings. The number of carbonyl (C=O) groups excluding carboxylic acids is 3. The summed E-state index contributed by atoms with van der Waals surface area (Å²) in [7, 11) is 1.56. The minimum absolute atomic E-state index is 0.251. The first kappa shape index (κ1) is 35.0. The molecule has 274 valence electrons. The summed E-state index contributed by atoms with van der Waals surface area (Å²) in [6.07, 6.45) is -3.27. The van der Waals surface area contributed by atoms with Gasteiger partial charge in [-0.25, -0.2) is 14.4 Å². The van der Waals surface area contributed by atoms with Crippen molar-refractivity contribution in [3.05, 3.63) is 173 Å². The van der Waals surface area contributed by atoms with E-state index in [1.807, 2.05) is 24.3 Å². The van der Waals surface area contributed by atoms with Crippen LogP contribution in [0.1, 0.15) is 37.3 Å². The van der Waals surface area contributed by atoms with Crippen LogP contribution >= 0.6 is 0 Å². The van der Waals surface area contributed by atoms with Crippen molar-refractivity contribution in [2.45, 2.75) is 24.5 Å². The number of ether oxygens (including phenoxy) is 5. The first-order chi connectivity index (χ1) is 26.9. The lowest BCUT2D eigenvalue weighted by atomic mass is 10.1. The molecular weight excluding hydrogens is 702 g/mol. The highest BCUT2D eigenvalue weighted by atomic mass is 16.7. The summed E-state index contributed by atoms with van der Waals surface area (Å²) in [5.74, 6) is -1.41. The molecule has 8 rings (SSSR count). The van der Waals surface area contributed by atoms with Crippen molar-refractivity contribution >= 4 is 28.8 Å². The fraction of sp³-hybridized carbons (Fsp3) is 0.140. The van der Waals surface area contributed by atoms with Crippen LogP contribution in [0.5, 0.6) is 5.75 Å². The van der Waals surface area contributed by atoms with Crippen molar-refractivity contribution in [3.63, 3.8) is 0 Å². The van der Waals surface area contributed by atoms with Crippen LogP contribution in [0.25, 0.3) is 27.8 Å². The molecular formula is C43H33N3O9. The monoisotopic (exact) mass is 735 g/mol. The molecule has 1 fully saturated rings. The number of fused-ring (bicyclic) bond motifs is 3. The zero-order chi connectivity index (χ0) is 37.9. The third kappa shape index (κ3) is 6.94. The number of esters is 3. The predicted octanol–water partition coefficient (Wildman–Crippen LogP) is 6.51. The van der Waals surface area contributed by atoms with Gasteiger partial charge in [0.1, 0.15) is 24.2 Å². The van der Waals surface area contributed by atoms with Crippen LogP contribution in [0.3, 0.4) is 0 Å². The van der Waals surface area contributed by atoms with Gasteiger partial charge in [-0.1, -0.05) is 72.8 Å². The normalized spacial score (nSPS) is 17.8. The van der Waals surface area contributed by atoms with E-state index in [4.69, 9.17) is 28.8 Å². The Kier molecular flexibility index (Phi) is 9.63. The Morgan fingerprint density at radius 2 is 1.22 bits per heavy atom. The zero-order valence-electron chi connectivity index (χ0n) is 29.4. The largest absolute Gasteiger partial charge is 0.497 e. The van der Waals surface area contributed by atoms with Crippen molar-refractivity contribution < 1.29 is 38.1 Å². The average molecular weight is 736 g/mol. The zero-order valence-corrected chi connectivity index (χ0v) is 29.4. The number of pyridine rings is 1. The average Bonchev–Trinajstić information content (AvgIpc) is 3.76. The number of para-hydroxylation sites is 1. The van der Waals surface area contributed by atoms with Gasteiger partial charge in [0.25, 0.3) is 5.56 Å². The van der Waals surface area contributed by atoms with E-state index >= 15 is 0 Å². The second kappa shape index (κ2) is 15.1. The van der Waals surface area contributed by atoms with Gasteiger partial charge in [0, 0.05) is 11.6 Å². The molecule has 5 aromatic carbocycles. The maximum Gasteiger partial charge on any atom is 0.338 e. The molecule has 0 aromatic heterocycles. The van der Waals surface area contributed by atoms with Gasteiger partial charge in [-0.2, -0.15) is 9.78 Å². The van der Waals surface area contributed by atoms with Gasteiger partial charge < -0.3 is 28.3 Å². The summed E-state index contributed by atoms with van der Waals surface area (Å²) in [5.41, 5.74) is 2.20.